The van der Waals surface area contributed by atoms with E-state index in [2.05, 4.69) is 25.9 Å². The first-order valence-corrected chi connectivity index (χ1v) is 7.04. The highest BCUT2D eigenvalue weighted by atomic mass is 79.9. The molecule has 2 heterocycles. The number of nitrogens with one attached hydrogen (secondary N) is 1. The molecule has 0 radical (unpaired) electrons. The summed E-state index contributed by atoms with van der Waals surface area (Å²) in [5.41, 5.74) is 0.476. The number of aromatic nitrogens is 2. The predicted octanol–water partition coefficient (Wildman–Crippen LogP) is 3.07. The molecule has 1 fully saturated rings. The summed E-state index contributed by atoms with van der Waals surface area (Å²) >= 11 is 3.32. The lowest BCUT2D eigenvalue weighted by Gasteiger charge is -2.21. The van der Waals surface area contributed by atoms with Crippen molar-refractivity contribution in [3.8, 4) is 0 Å². The molecule has 1 N–H and O–H groups in total. The van der Waals surface area contributed by atoms with Gasteiger partial charge in [-0.3, -0.25) is 4.79 Å². The van der Waals surface area contributed by atoms with Crippen LogP contribution < -0.4 is 5.56 Å². The van der Waals surface area contributed by atoms with Gasteiger partial charge >= 0.3 is 0 Å². The molecule has 0 saturated carbocycles. The van der Waals surface area contributed by atoms with Gasteiger partial charge in [-0.1, -0.05) is 20.8 Å². The highest BCUT2D eigenvalue weighted by Crippen LogP contribution is 2.32. The van der Waals surface area contributed by atoms with Gasteiger partial charge in [0.1, 0.15) is 16.4 Å². The Labute approximate surface area is 115 Å². The zero-order chi connectivity index (χ0) is 13.5. The van der Waals surface area contributed by atoms with E-state index in [9.17, 15) is 4.79 Å². The first-order valence-electron chi connectivity index (χ1n) is 6.24. The van der Waals surface area contributed by atoms with E-state index in [0.717, 1.165) is 18.5 Å². The van der Waals surface area contributed by atoms with Crippen molar-refractivity contribution in [3.63, 3.8) is 0 Å². The molecule has 18 heavy (non-hydrogen) atoms. The van der Waals surface area contributed by atoms with Crippen LogP contribution in [0.25, 0.3) is 0 Å². The fourth-order valence-electron chi connectivity index (χ4n) is 2.13. The SMILES string of the molecule is CC1CCC(c2nc(C(C)(C)C)c(Br)c(=O)[nH]2)O1. The summed E-state index contributed by atoms with van der Waals surface area (Å²) in [4.78, 5) is 19.4. The molecular formula is C13H19BrN2O2. The molecule has 4 nitrogen and oxygen atoms in total. The van der Waals surface area contributed by atoms with Crippen molar-refractivity contribution >= 4 is 15.9 Å². The Bertz CT molecular complexity index is 505. The molecule has 0 aromatic carbocycles. The van der Waals surface area contributed by atoms with Crippen molar-refractivity contribution in [2.75, 3.05) is 0 Å². The van der Waals surface area contributed by atoms with Crippen LogP contribution in [-0.4, -0.2) is 16.1 Å². The maximum absolute atomic E-state index is 11.9. The zero-order valence-electron chi connectivity index (χ0n) is 11.2. The Balaban J connectivity index is 2.45. The molecule has 0 spiro atoms. The number of hydrogen-bond acceptors (Lipinski definition) is 3. The van der Waals surface area contributed by atoms with Crippen LogP contribution in [0.5, 0.6) is 0 Å². The Kier molecular flexibility index (Phi) is 3.65. The number of hydrogen-bond donors (Lipinski definition) is 1. The molecule has 2 rings (SSSR count). The van der Waals surface area contributed by atoms with E-state index >= 15 is 0 Å². The molecule has 1 aromatic rings. The molecule has 100 valence electrons. The number of rotatable bonds is 1. The minimum absolute atomic E-state index is 0.0816. The lowest BCUT2D eigenvalue weighted by molar-refractivity contribution is 0.0498. The summed E-state index contributed by atoms with van der Waals surface area (Å²) in [7, 11) is 0. The van der Waals surface area contributed by atoms with Gasteiger partial charge in [0, 0.05) is 5.41 Å². The highest BCUT2D eigenvalue weighted by Gasteiger charge is 2.28. The summed E-state index contributed by atoms with van der Waals surface area (Å²) < 4.78 is 6.28. The second-order valence-corrected chi connectivity index (χ2v) is 6.67. The van der Waals surface area contributed by atoms with Crippen LogP contribution in [0.3, 0.4) is 0 Å². The van der Waals surface area contributed by atoms with E-state index in [0.29, 0.717) is 10.3 Å². The van der Waals surface area contributed by atoms with Gasteiger partial charge in [-0.25, -0.2) is 4.98 Å². The van der Waals surface area contributed by atoms with E-state index in [1.165, 1.54) is 0 Å². The summed E-state index contributed by atoms with van der Waals surface area (Å²) in [5.74, 6) is 0.650. The third-order valence-electron chi connectivity index (χ3n) is 3.13. The van der Waals surface area contributed by atoms with Crippen LogP contribution in [0.4, 0.5) is 0 Å². The van der Waals surface area contributed by atoms with E-state index < -0.39 is 0 Å². The minimum atomic E-state index is -0.175. The van der Waals surface area contributed by atoms with Crippen LogP contribution in [0.15, 0.2) is 9.27 Å². The predicted molar refractivity (Wildman–Crippen MR) is 73.8 cm³/mol. The first-order chi connectivity index (χ1) is 8.29. The standard InChI is InChI=1S/C13H19BrN2O2/c1-7-5-6-8(18-7)11-15-10(13(2,3)4)9(14)12(17)16-11/h7-8H,5-6H2,1-4H3,(H,15,16,17). The number of nitrogens with zero attached hydrogens (tertiary/aromatic N) is 1. The molecular weight excluding hydrogens is 296 g/mol. The van der Waals surface area contributed by atoms with E-state index in [-0.39, 0.29) is 23.2 Å². The van der Waals surface area contributed by atoms with Gasteiger partial charge in [0.05, 0.1) is 11.8 Å². The maximum atomic E-state index is 11.9. The topological polar surface area (TPSA) is 55.0 Å². The number of ether oxygens (including phenoxy) is 1. The lowest BCUT2D eigenvalue weighted by atomic mass is 9.92. The third-order valence-corrected chi connectivity index (χ3v) is 3.86. The first kappa shape index (κ1) is 13.7. The fraction of sp³-hybridized carbons (Fsp3) is 0.692. The number of aromatic amines is 1. The number of H-pyrrole nitrogens is 1. The second kappa shape index (κ2) is 4.78. The van der Waals surface area contributed by atoms with Crippen molar-refractivity contribution in [1.82, 2.24) is 9.97 Å². The van der Waals surface area contributed by atoms with Crippen LogP contribution in [-0.2, 0) is 10.2 Å². The van der Waals surface area contributed by atoms with Gasteiger partial charge in [0.25, 0.3) is 5.56 Å². The Morgan fingerprint density at radius 1 is 1.39 bits per heavy atom. The van der Waals surface area contributed by atoms with Crippen molar-refractivity contribution < 1.29 is 4.74 Å². The molecule has 2 atom stereocenters. The van der Waals surface area contributed by atoms with Crippen molar-refractivity contribution in [1.29, 1.82) is 0 Å². The summed E-state index contributed by atoms with van der Waals surface area (Å²) in [6, 6.07) is 0. The molecule has 1 aliphatic rings. The smallest absolute Gasteiger partial charge is 0.265 e. The second-order valence-electron chi connectivity index (χ2n) is 5.88. The monoisotopic (exact) mass is 314 g/mol. The van der Waals surface area contributed by atoms with Crippen LogP contribution in [0, 0.1) is 0 Å². The van der Waals surface area contributed by atoms with E-state index in [1.807, 2.05) is 27.7 Å². The largest absolute Gasteiger partial charge is 0.367 e. The van der Waals surface area contributed by atoms with Gasteiger partial charge in [0.2, 0.25) is 0 Å². The quantitative estimate of drug-likeness (QED) is 0.866. The summed E-state index contributed by atoms with van der Waals surface area (Å²) in [5, 5.41) is 0. The molecule has 0 bridgehead atoms. The summed E-state index contributed by atoms with van der Waals surface area (Å²) in [6.45, 7) is 8.17. The van der Waals surface area contributed by atoms with Crippen molar-refractivity contribution in [2.24, 2.45) is 0 Å². The maximum Gasteiger partial charge on any atom is 0.265 e. The average molecular weight is 315 g/mol. The van der Waals surface area contributed by atoms with E-state index in [4.69, 9.17) is 4.74 Å². The van der Waals surface area contributed by atoms with Crippen molar-refractivity contribution in [3.05, 3.63) is 26.3 Å². The minimum Gasteiger partial charge on any atom is -0.367 e. The zero-order valence-corrected chi connectivity index (χ0v) is 12.8. The molecule has 0 amide bonds. The van der Waals surface area contributed by atoms with Gasteiger partial charge in [-0.05, 0) is 35.7 Å². The normalized spacial score (nSPS) is 24.5. The Morgan fingerprint density at radius 2 is 2.06 bits per heavy atom. The molecule has 0 aliphatic carbocycles. The third kappa shape index (κ3) is 2.67. The van der Waals surface area contributed by atoms with Gasteiger partial charge in [-0.15, -0.1) is 0 Å². The van der Waals surface area contributed by atoms with Crippen LogP contribution in [0.1, 0.15) is 58.2 Å². The Morgan fingerprint density at radius 3 is 2.56 bits per heavy atom. The average Bonchev–Trinajstić information content (AvgIpc) is 2.67. The lowest BCUT2D eigenvalue weighted by Crippen LogP contribution is -2.24. The van der Waals surface area contributed by atoms with Gasteiger partial charge < -0.3 is 9.72 Å². The van der Waals surface area contributed by atoms with E-state index in [1.54, 1.807) is 0 Å². The molecule has 2 unspecified atom stereocenters. The van der Waals surface area contributed by atoms with Gasteiger partial charge in [0.15, 0.2) is 0 Å². The Hall–Kier alpha value is -0.680. The summed E-state index contributed by atoms with van der Waals surface area (Å²) in [6.07, 6.45) is 2.08. The highest BCUT2D eigenvalue weighted by molar-refractivity contribution is 9.10. The van der Waals surface area contributed by atoms with Gasteiger partial charge in [-0.2, -0.15) is 0 Å². The molecule has 5 heteroatoms. The van der Waals surface area contributed by atoms with Crippen molar-refractivity contribution in [2.45, 2.75) is 58.2 Å². The molecule has 1 aromatic heterocycles. The molecule has 1 aliphatic heterocycles. The fourth-order valence-corrected chi connectivity index (χ4v) is 2.91. The van der Waals surface area contributed by atoms with Crippen LogP contribution in [0.2, 0.25) is 0 Å². The molecule has 1 saturated heterocycles. The number of halogens is 1. The van der Waals surface area contributed by atoms with Crippen LogP contribution >= 0.6 is 15.9 Å².